The maximum absolute atomic E-state index is 12.4. The van der Waals surface area contributed by atoms with E-state index in [0.717, 1.165) is 0 Å². The largest absolute Gasteiger partial charge is 0.632 e. The van der Waals surface area contributed by atoms with Gasteiger partial charge in [-0.3, -0.25) is 0 Å². The third kappa shape index (κ3) is 2.68. The van der Waals surface area contributed by atoms with E-state index in [1.807, 2.05) is 0 Å². The lowest BCUT2D eigenvalue weighted by molar-refractivity contribution is -0.877. The fraction of sp³-hybridized carbons (Fsp3) is 0.800. The summed E-state index contributed by atoms with van der Waals surface area (Å²) in [6.07, 6.45) is 0.127. The Morgan fingerprint density at radius 2 is 2.18 bits per heavy atom. The van der Waals surface area contributed by atoms with Gasteiger partial charge in [0.05, 0.1) is 19.2 Å². The molecule has 1 saturated heterocycles. The molecule has 2 rings (SSSR count). The molecule has 2 aliphatic heterocycles. The number of carbonyl (C=O) groups excluding carboxylic acids is 1. The van der Waals surface area contributed by atoms with E-state index in [-0.39, 0.29) is 13.2 Å². The molecule has 1 fully saturated rings. The van der Waals surface area contributed by atoms with Crippen LogP contribution in [0.25, 0.3) is 0 Å². The van der Waals surface area contributed by atoms with E-state index < -0.39 is 40.4 Å². The van der Waals surface area contributed by atoms with Crippen LogP contribution in [0.2, 0.25) is 0 Å². The van der Waals surface area contributed by atoms with Crippen molar-refractivity contribution in [1.29, 1.82) is 0 Å². The number of quaternary nitrogens is 1. The molecule has 1 unspecified atom stereocenters. The number of hydrogen-bond acceptors (Lipinski definition) is 6. The fourth-order valence-electron chi connectivity index (χ4n) is 3.41. The van der Waals surface area contributed by atoms with Gasteiger partial charge >= 0.3 is 5.97 Å². The number of esters is 1. The number of rotatable bonds is 5. The van der Waals surface area contributed by atoms with Crippen molar-refractivity contribution in [1.82, 2.24) is 0 Å². The minimum Gasteiger partial charge on any atom is -0.632 e. The van der Waals surface area contributed by atoms with Gasteiger partial charge in [0, 0.05) is 12.0 Å². The van der Waals surface area contributed by atoms with E-state index in [0.29, 0.717) is 18.5 Å². The van der Waals surface area contributed by atoms with Crippen LogP contribution in [0.4, 0.5) is 0 Å². The monoisotopic (exact) mass is 315 g/mol. The molecule has 7 heteroatoms. The minimum atomic E-state index is -1.99. The summed E-state index contributed by atoms with van der Waals surface area (Å²) in [5.41, 5.74) is -1.40. The topological polar surface area (TPSA) is 110 Å². The van der Waals surface area contributed by atoms with E-state index in [1.165, 1.54) is 6.92 Å². The van der Waals surface area contributed by atoms with Crippen LogP contribution in [0.5, 0.6) is 0 Å². The molecule has 0 amide bonds. The zero-order valence-electron chi connectivity index (χ0n) is 13.2. The van der Waals surface area contributed by atoms with Crippen LogP contribution in [-0.4, -0.2) is 69.5 Å². The van der Waals surface area contributed by atoms with E-state index in [9.17, 15) is 25.3 Å². The second-order valence-electron chi connectivity index (χ2n) is 6.67. The van der Waals surface area contributed by atoms with Gasteiger partial charge in [-0.15, -0.1) is 0 Å². The van der Waals surface area contributed by atoms with Crippen molar-refractivity contribution < 1.29 is 29.5 Å². The van der Waals surface area contributed by atoms with Gasteiger partial charge < -0.3 is 29.9 Å². The highest BCUT2D eigenvalue weighted by Crippen LogP contribution is 2.36. The smallest absolute Gasteiger partial charge is 0.341 e. The maximum atomic E-state index is 12.4. The standard InChI is InChI=1S/C15H25NO6/c1-9(2)15(20,10(3)17)14(19)22-8-11-4-6-16(21)7-5-12(18)13(11)16/h4,9-10,12-13,17-18,20H,5-8H2,1-3H3/t10-,12+,13+,15+,16?/m0/s1. The summed E-state index contributed by atoms with van der Waals surface area (Å²) in [4.78, 5) is 12.2. The molecule has 7 nitrogen and oxygen atoms in total. The first-order chi connectivity index (χ1) is 10.1. The van der Waals surface area contributed by atoms with Gasteiger partial charge in [-0.1, -0.05) is 13.8 Å². The molecule has 0 aromatic heterocycles. The Morgan fingerprint density at radius 1 is 1.55 bits per heavy atom. The Labute approximate surface area is 130 Å². The zero-order chi connectivity index (χ0) is 16.7. The minimum absolute atomic E-state index is 0.148. The van der Waals surface area contributed by atoms with Gasteiger partial charge in [-0.2, -0.15) is 0 Å². The average Bonchev–Trinajstić information content (AvgIpc) is 2.92. The number of aliphatic hydroxyl groups excluding tert-OH is 2. The van der Waals surface area contributed by atoms with Crippen LogP contribution in [0.15, 0.2) is 11.6 Å². The Hall–Kier alpha value is -0.990. The third-order valence-electron chi connectivity index (χ3n) is 4.93. The normalized spacial score (nSPS) is 35.0. The number of carbonyl (C=O) groups is 1. The third-order valence-corrected chi connectivity index (χ3v) is 4.93. The Balaban J connectivity index is 2.03. The van der Waals surface area contributed by atoms with Crippen LogP contribution in [-0.2, 0) is 9.53 Å². The quantitative estimate of drug-likeness (QED) is 0.278. The van der Waals surface area contributed by atoms with Gasteiger partial charge in [0.25, 0.3) is 0 Å². The molecule has 0 bridgehead atoms. The Bertz CT molecular complexity index is 467. The summed E-state index contributed by atoms with van der Waals surface area (Å²) in [6.45, 7) is 5.02. The van der Waals surface area contributed by atoms with Gasteiger partial charge in [0.1, 0.15) is 18.8 Å². The average molecular weight is 315 g/mol. The van der Waals surface area contributed by atoms with Crippen molar-refractivity contribution in [2.75, 3.05) is 19.7 Å². The lowest BCUT2D eigenvalue weighted by atomic mass is 9.85. The van der Waals surface area contributed by atoms with E-state index in [1.54, 1.807) is 19.9 Å². The van der Waals surface area contributed by atoms with Gasteiger partial charge in [-0.05, 0) is 18.9 Å². The first-order valence-corrected chi connectivity index (χ1v) is 7.65. The Morgan fingerprint density at radius 3 is 2.73 bits per heavy atom. The summed E-state index contributed by atoms with van der Waals surface area (Å²) >= 11 is 0. The van der Waals surface area contributed by atoms with Crippen molar-refractivity contribution in [3.05, 3.63) is 16.9 Å². The summed E-state index contributed by atoms with van der Waals surface area (Å²) in [5, 5.41) is 42.4. The molecule has 0 saturated carbocycles. The molecule has 0 aliphatic carbocycles. The maximum Gasteiger partial charge on any atom is 0.341 e. The first-order valence-electron chi connectivity index (χ1n) is 7.65. The molecule has 0 radical (unpaired) electrons. The molecule has 126 valence electrons. The van der Waals surface area contributed by atoms with Crippen molar-refractivity contribution in [3.63, 3.8) is 0 Å². The van der Waals surface area contributed by atoms with Gasteiger partial charge in [-0.25, -0.2) is 4.79 Å². The molecule has 2 aliphatic rings. The van der Waals surface area contributed by atoms with E-state index >= 15 is 0 Å². The summed E-state index contributed by atoms with van der Waals surface area (Å²) < 4.78 is 4.64. The van der Waals surface area contributed by atoms with Gasteiger partial charge in [0.15, 0.2) is 5.60 Å². The van der Waals surface area contributed by atoms with Crippen LogP contribution in [0.1, 0.15) is 27.2 Å². The molecule has 0 spiro atoms. The number of hydrogen-bond donors (Lipinski definition) is 3. The number of hydroxylamine groups is 3. The van der Waals surface area contributed by atoms with Crippen LogP contribution in [0.3, 0.4) is 0 Å². The highest BCUT2D eigenvalue weighted by molar-refractivity contribution is 5.80. The highest BCUT2D eigenvalue weighted by Gasteiger charge is 2.49. The van der Waals surface area contributed by atoms with Crippen LogP contribution >= 0.6 is 0 Å². The molecule has 0 aromatic carbocycles. The molecule has 5 atom stereocenters. The molecule has 0 aromatic rings. The number of aliphatic hydroxyl groups is 3. The van der Waals surface area contributed by atoms with Gasteiger partial charge in [0.2, 0.25) is 0 Å². The first kappa shape index (κ1) is 17.4. The molecule has 22 heavy (non-hydrogen) atoms. The van der Waals surface area contributed by atoms with E-state index in [4.69, 9.17) is 4.74 Å². The molecule has 3 N–H and O–H groups in total. The molecule has 2 heterocycles. The van der Waals surface area contributed by atoms with Crippen molar-refractivity contribution in [2.24, 2.45) is 5.92 Å². The van der Waals surface area contributed by atoms with Crippen molar-refractivity contribution in [3.8, 4) is 0 Å². The molecular weight excluding hydrogens is 290 g/mol. The number of ether oxygens (including phenoxy) is 1. The predicted octanol–water partition coefficient (Wildman–Crippen LogP) is -0.315. The van der Waals surface area contributed by atoms with Crippen LogP contribution in [0, 0.1) is 11.1 Å². The second-order valence-corrected chi connectivity index (χ2v) is 6.67. The lowest BCUT2D eigenvalue weighted by Gasteiger charge is -2.40. The predicted molar refractivity (Wildman–Crippen MR) is 78.3 cm³/mol. The Kier molecular flexibility index (Phi) is 4.66. The van der Waals surface area contributed by atoms with Crippen LogP contribution < -0.4 is 0 Å². The summed E-state index contributed by atoms with van der Waals surface area (Å²) in [5.74, 6) is -1.44. The number of fused-ring (bicyclic) bond motifs is 1. The zero-order valence-corrected chi connectivity index (χ0v) is 13.2. The fourth-order valence-corrected chi connectivity index (χ4v) is 3.41. The second kappa shape index (κ2) is 5.90. The molecular formula is C15H25NO6. The van der Waals surface area contributed by atoms with E-state index in [2.05, 4.69) is 0 Å². The SMILES string of the molecule is CC(C)[C@](O)(C(=O)OCC1=CC[N+]2([O-])CC[C@@H](O)[C@@H]12)[C@H](C)O. The highest BCUT2D eigenvalue weighted by atomic mass is 16.6. The van der Waals surface area contributed by atoms with Crippen molar-refractivity contribution >= 4 is 5.97 Å². The summed E-state index contributed by atoms with van der Waals surface area (Å²) in [7, 11) is 0. The van der Waals surface area contributed by atoms with Crippen molar-refractivity contribution in [2.45, 2.75) is 51.0 Å². The number of nitrogens with zero attached hydrogens (tertiary/aromatic N) is 1. The summed E-state index contributed by atoms with van der Waals surface area (Å²) in [6, 6.07) is -0.591. The lowest BCUT2D eigenvalue weighted by Crippen LogP contribution is -2.53.